The fraction of sp³-hybridized carbons (Fsp3) is 1.00. The van der Waals surface area contributed by atoms with Gasteiger partial charge in [0.15, 0.2) is 0 Å². The van der Waals surface area contributed by atoms with E-state index >= 15 is 0 Å². The second-order valence-corrected chi connectivity index (χ2v) is 8.16. The molecule has 0 heterocycles. The van der Waals surface area contributed by atoms with Crippen molar-refractivity contribution in [3.8, 4) is 0 Å². The molecule has 18 heavy (non-hydrogen) atoms. The molecule has 4 nitrogen and oxygen atoms in total. The van der Waals surface area contributed by atoms with Crippen LogP contribution in [0.15, 0.2) is 0 Å². The number of hydrogen-bond acceptors (Lipinski definition) is 3. The van der Waals surface area contributed by atoms with E-state index in [1.807, 2.05) is 0 Å². The zero-order valence-corrected chi connectivity index (χ0v) is 12.0. The van der Waals surface area contributed by atoms with Crippen LogP contribution in [0.1, 0.15) is 38.5 Å². The van der Waals surface area contributed by atoms with Crippen LogP contribution in [0, 0.1) is 17.8 Å². The highest BCUT2D eigenvalue weighted by Gasteiger charge is 2.40. The molecular weight excluding hydrogens is 250 g/mol. The molecule has 2 rings (SSSR count). The third kappa shape index (κ3) is 3.25. The molecule has 1 N–H and O–H groups in total. The van der Waals surface area contributed by atoms with Crippen LogP contribution in [0.5, 0.6) is 0 Å². The molecule has 0 amide bonds. The highest BCUT2D eigenvalue weighted by atomic mass is 32.2. The summed E-state index contributed by atoms with van der Waals surface area (Å²) in [5, 5.41) is 8.69. The summed E-state index contributed by atoms with van der Waals surface area (Å²) in [5.74, 6) is 2.39. The van der Waals surface area contributed by atoms with E-state index in [-0.39, 0.29) is 12.4 Å². The van der Waals surface area contributed by atoms with Gasteiger partial charge in [0.25, 0.3) is 0 Å². The maximum Gasteiger partial charge on any atom is 0.213 e. The third-order valence-corrected chi connectivity index (χ3v) is 6.56. The van der Waals surface area contributed by atoms with Crippen LogP contribution in [-0.2, 0) is 10.0 Å². The smallest absolute Gasteiger partial charge is 0.213 e. The van der Waals surface area contributed by atoms with Crippen LogP contribution >= 0.6 is 0 Å². The molecule has 0 saturated heterocycles. The number of rotatable bonds is 7. The number of hydrogen-bond donors (Lipinski definition) is 1. The first-order valence-corrected chi connectivity index (χ1v) is 8.68. The summed E-state index contributed by atoms with van der Waals surface area (Å²) in [7, 11) is -1.41. The summed E-state index contributed by atoms with van der Waals surface area (Å²) in [6.07, 6.45) is 6.33. The summed E-state index contributed by atoms with van der Waals surface area (Å²) in [5.41, 5.74) is 0. The Morgan fingerprint density at radius 2 is 2.00 bits per heavy atom. The summed E-state index contributed by atoms with van der Waals surface area (Å²) in [6, 6.07) is 0. The third-order valence-electron chi connectivity index (χ3n) is 4.66. The Morgan fingerprint density at radius 1 is 1.22 bits per heavy atom. The minimum atomic E-state index is -3.11. The van der Waals surface area contributed by atoms with Gasteiger partial charge in [-0.25, -0.2) is 12.7 Å². The number of nitrogens with zero attached hydrogens (tertiary/aromatic N) is 1. The van der Waals surface area contributed by atoms with Crippen LogP contribution in [0.3, 0.4) is 0 Å². The Hall–Kier alpha value is -0.130. The van der Waals surface area contributed by atoms with Crippen molar-refractivity contribution in [2.75, 3.05) is 26.0 Å². The van der Waals surface area contributed by atoms with Crippen molar-refractivity contribution in [1.29, 1.82) is 0 Å². The number of aliphatic hydroxyl groups is 1. The molecule has 2 fully saturated rings. The SMILES string of the molecule is CN(CC1CC2CCC1C2)S(=O)(=O)CCCCO. The van der Waals surface area contributed by atoms with Crippen LogP contribution in [0.2, 0.25) is 0 Å². The lowest BCUT2D eigenvalue weighted by molar-refractivity contribution is 0.278. The van der Waals surface area contributed by atoms with Crippen molar-refractivity contribution in [3.05, 3.63) is 0 Å². The van der Waals surface area contributed by atoms with Crippen LogP contribution in [0.4, 0.5) is 0 Å². The molecule has 3 unspecified atom stereocenters. The van der Waals surface area contributed by atoms with Crippen LogP contribution in [0.25, 0.3) is 0 Å². The van der Waals surface area contributed by atoms with Gasteiger partial charge in [-0.3, -0.25) is 0 Å². The molecule has 0 radical (unpaired) electrons. The normalized spacial score (nSPS) is 31.4. The maximum atomic E-state index is 12.0. The summed E-state index contributed by atoms with van der Waals surface area (Å²) < 4.78 is 25.6. The van der Waals surface area contributed by atoms with E-state index in [9.17, 15) is 8.42 Å². The minimum Gasteiger partial charge on any atom is -0.396 e. The Balaban J connectivity index is 1.81. The summed E-state index contributed by atoms with van der Waals surface area (Å²) in [4.78, 5) is 0. The Labute approximate surface area is 110 Å². The van der Waals surface area contributed by atoms with Gasteiger partial charge >= 0.3 is 0 Å². The average Bonchev–Trinajstić information content (AvgIpc) is 2.91. The van der Waals surface area contributed by atoms with Gasteiger partial charge in [-0.2, -0.15) is 0 Å². The average molecular weight is 275 g/mol. The van der Waals surface area contributed by atoms with Crippen molar-refractivity contribution >= 4 is 10.0 Å². The molecule has 5 heteroatoms. The fourth-order valence-corrected chi connectivity index (χ4v) is 4.90. The highest BCUT2D eigenvalue weighted by Crippen LogP contribution is 2.48. The maximum absolute atomic E-state index is 12.0. The van der Waals surface area contributed by atoms with Crippen molar-refractivity contribution in [2.45, 2.75) is 38.5 Å². The Bertz CT molecular complexity index is 368. The lowest BCUT2D eigenvalue weighted by Crippen LogP contribution is -2.35. The van der Waals surface area contributed by atoms with E-state index in [2.05, 4.69) is 0 Å². The van der Waals surface area contributed by atoms with E-state index in [0.29, 0.717) is 25.3 Å². The molecule has 0 aromatic heterocycles. The van der Waals surface area contributed by atoms with Crippen LogP contribution < -0.4 is 0 Å². The Morgan fingerprint density at radius 3 is 2.56 bits per heavy atom. The van der Waals surface area contributed by atoms with Gasteiger partial charge in [-0.1, -0.05) is 6.42 Å². The van der Waals surface area contributed by atoms with Gasteiger partial charge in [0.1, 0.15) is 0 Å². The van der Waals surface area contributed by atoms with Crippen molar-refractivity contribution in [2.24, 2.45) is 17.8 Å². The van der Waals surface area contributed by atoms with Gasteiger partial charge in [0.2, 0.25) is 10.0 Å². The highest BCUT2D eigenvalue weighted by molar-refractivity contribution is 7.89. The predicted octanol–water partition coefficient (Wildman–Crippen LogP) is 1.46. The van der Waals surface area contributed by atoms with E-state index in [1.54, 1.807) is 11.4 Å². The fourth-order valence-electron chi connectivity index (χ4n) is 3.60. The van der Waals surface area contributed by atoms with E-state index in [4.69, 9.17) is 5.11 Å². The second-order valence-electron chi connectivity index (χ2n) is 5.96. The topological polar surface area (TPSA) is 57.6 Å². The standard InChI is InChI=1S/C13H25NO3S/c1-14(18(16,17)7-3-2-6-15)10-13-9-11-4-5-12(13)8-11/h11-13,15H,2-10H2,1H3. The molecule has 3 atom stereocenters. The quantitative estimate of drug-likeness (QED) is 0.716. The Kier molecular flexibility index (Phi) is 4.67. The van der Waals surface area contributed by atoms with E-state index in [0.717, 1.165) is 11.8 Å². The largest absolute Gasteiger partial charge is 0.396 e. The number of unbranched alkanes of at least 4 members (excludes halogenated alkanes) is 1. The molecule has 106 valence electrons. The van der Waals surface area contributed by atoms with Gasteiger partial charge in [0.05, 0.1) is 5.75 Å². The van der Waals surface area contributed by atoms with Gasteiger partial charge in [-0.05, 0) is 49.9 Å². The van der Waals surface area contributed by atoms with E-state index in [1.165, 1.54) is 25.7 Å². The molecule has 2 saturated carbocycles. The summed E-state index contributed by atoms with van der Waals surface area (Å²) in [6.45, 7) is 0.772. The minimum absolute atomic E-state index is 0.0750. The molecule has 0 spiro atoms. The lowest BCUT2D eigenvalue weighted by atomic mass is 9.89. The molecule has 2 aliphatic carbocycles. The first kappa shape index (κ1) is 14.3. The van der Waals surface area contributed by atoms with E-state index < -0.39 is 10.0 Å². The molecule has 0 aliphatic heterocycles. The zero-order chi connectivity index (χ0) is 13.2. The molecular formula is C13H25NO3S. The first-order chi connectivity index (χ1) is 8.53. The molecule has 2 bridgehead atoms. The van der Waals surface area contributed by atoms with Crippen molar-refractivity contribution in [3.63, 3.8) is 0 Å². The number of fused-ring (bicyclic) bond motifs is 2. The predicted molar refractivity (Wildman–Crippen MR) is 71.7 cm³/mol. The number of sulfonamides is 1. The summed E-state index contributed by atoms with van der Waals surface area (Å²) >= 11 is 0. The van der Waals surface area contributed by atoms with Crippen molar-refractivity contribution < 1.29 is 13.5 Å². The zero-order valence-electron chi connectivity index (χ0n) is 11.2. The van der Waals surface area contributed by atoms with Gasteiger partial charge in [0, 0.05) is 20.2 Å². The monoisotopic (exact) mass is 275 g/mol. The van der Waals surface area contributed by atoms with Crippen LogP contribution in [-0.4, -0.2) is 43.8 Å². The second kappa shape index (κ2) is 5.88. The number of aliphatic hydroxyl groups excluding tert-OH is 1. The lowest BCUT2D eigenvalue weighted by Gasteiger charge is -2.26. The molecule has 2 aliphatic rings. The van der Waals surface area contributed by atoms with Crippen molar-refractivity contribution in [1.82, 2.24) is 4.31 Å². The first-order valence-electron chi connectivity index (χ1n) is 7.08. The molecule has 0 aromatic rings. The van der Waals surface area contributed by atoms with Gasteiger partial charge in [-0.15, -0.1) is 0 Å². The van der Waals surface area contributed by atoms with Gasteiger partial charge < -0.3 is 5.11 Å². The molecule has 0 aromatic carbocycles.